The summed E-state index contributed by atoms with van der Waals surface area (Å²) in [7, 11) is 4.08. The number of benzene rings is 1. The average Bonchev–Trinajstić information content (AvgIpc) is 2.66. The lowest BCUT2D eigenvalue weighted by Gasteiger charge is -2.10. The van der Waals surface area contributed by atoms with Crippen molar-refractivity contribution in [3.05, 3.63) is 54.6 Å². The Morgan fingerprint density at radius 3 is 2.69 bits per heavy atom. The Morgan fingerprint density at radius 2 is 1.92 bits per heavy atom. The van der Waals surface area contributed by atoms with E-state index in [9.17, 15) is 4.79 Å². The molecule has 26 heavy (non-hydrogen) atoms. The van der Waals surface area contributed by atoms with Gasteiger partial charge in [0.25, 0.3) is 5.91 Å². The summed E-state index contributed by atoms with van der Waals surface area (Å²) in [4.78, 5) is 27.4. The summed E-state index contributed by atoms with van der Waals surface area (Å²) in [5.41, 5.74) is 1.66. The minimum atomic E-state index is -0.310. The van der Waals surface area contributed by atoms with Gasteiger partial charge in [0.1, 0.15) is 11.5 Å². The molecule has 7 heteroatoms. The molecule has 134 valence electrons. The van der Waals surface area contributed by atoms with E-state index >= 15 is 0 Å². The van der Waals surface area contributed by atoms with Gasteiger partial charge in [-0.1, -0.05) is 18.2 Å². The van der Waals surface area contributed by atoms with E-state index in [-0.39, 0.29) is 11.6 Å². The van der Waals surface area contributed by atoms with Gasteiger partial charge in [-0.25, -0.2) is 9.97 Å². The number of hydrogen-bond acceptors (Lipinski definition) is 6. The summed E-state index contributed by atoms with van der Waals surface area (Å²) in [6.07, 6.45) is 5.76. The zero-order valence-electron chi connectivity index (χ0n) is 14.9. The van der Waals surface area contributed by atoms with E-state index in [0.717, 1.165) is 30.4 Å². The second-order valence-electron chi connectivity index (χ2n) is 6.21. The number of nitrogens with one attached hydrogen (secondary N) is 2. The molecule has 0 saturated heterocycles. The van der Waals surface area contributed by atoms with Crippen LogP contribution in [0.1, 0.15) is 16.9 Å². The highest BCUT2D eigenvalue weighted by Gasteiger charge is 2.11. The molecule has 0 spiro atoms. The van der Waals surface area contributed by atoms with Gasteiger partial charge in [0.05, 0.1) is 23.6 Å². The van der Waals surface area contributed by atoms with Crippen LogP contribution in [-0.2, 0) is 0 Å². The van der Waals surface area contributed by atoms with Gasteiger partial charge in [0.2, 0.25) is 0 Å². The summed E-state index contributed by atoms with van der Waals surface area (Å²) in [6, 6.07) is 9.47. The van der Waals surface area contributed by atoms with Gasteiger partial charge >= 0.3 is 0 Å². The zero-order chi connectivity index (χ0) is 18.4. The van der Waals surface area contributed by atoms with Gasteiger partial charge in [-0.3, -0.25) is 9.78 Å². The number of nitrogens with zero attached hydrogens (tertiary/aromatic N) is 4. The molecular formula is C19H22N6O. The number of carbonyl (C=O) groups is 1. The highest BCUT2D eigenvalue weighted by atomic mass is 16.1. The van der Waals surface area contributed by atoms with Crippen LogP contribution in [0.3, 0.4) is 0 Å². The summed E-state index contributed by atoms with van der Waals surface area (Å²) in [5, 5.41) is 7.02. The molecule has 0 radical (unpaired) electrons. The normalized spacial score (nSPS) is 10.9. The number of para-hydroxylation sites is 1. The molecule has 0 aliphatic rings. The van der Waals surface area contributed by atoms with E-state index in [1.807, 2.05) is 44.4 Å². The minimum absolute atomic E-state index is 0.261. The van der Waals surface area contributed by atoms with Crippen molar-refractivity contribution in [1.82, 2.24) is 19.9 Å². The fourth-order valence-corrected chi connectivity index (χ4v) is 2.54. The van der Waals surface area contributed by atoms with E-state index in [1.165, 1.54) is 6.20 Å². The van der Waals surface area contributed by atoms with Gasteiger partial charge in [-0.2, -0.15) is 0 Å². The first-order valence-electron chi connectivity index (χ1n) is 8.49. The molecule has 1 aromatic carbocycles. The van der Waals surface area contributed by atoms with Crippen LogP contribution in [0.5, 0.6) is 0 Å². The fourth-order valence-electron chi connectivity index (χ4n) is 2.54. The summed E-state index contributed by atoms with van der Waals surface area (Å²) in [5.74, 6) is 0.349. The van der Waals surface area contributed by atoms with E-state index in [1.54, 1.807) is 12.4 Å². The molecule has 0 fully saturated rings. The first-order chi connectivity index (χ1) is 12.6. The van der Waals surface area contributed by atoms with Crippen LogP contribution >= 0.6 is 0 Å². The maximum Gasteiger partial charge on any atom is 0.275 e. The maximum atomic E-state index is 12.4. The number of rotatable bonds is 7. The predicted octanol–water partition coefficient (Wildman–Crippen LogP) is 2.64. The Bertz CT molecular complexity index is 873. The standard InChI is InChI=1S/C19H22N6O/c1-25(2)11-5-10-20-17-13-22-16(12-23-17)19(26)24-15-8-3-6-14-7-4-9-21-18(14)15/h3-4,6-9,12-13H,5,10-11H2,1-2H3,(H,20,23)(H,24,26). The van der Waals surface area contributed by atoms with E-state index in [0.29, 0.717) is 11.5 Å². The third kappa shape index (κ3) is 4.52. The molecule has 0 aliphatic heterocycles. The first kappa shape index (κ1) is 17.8. The lowest BCUT2D eigenvalue weighted by atomic mass is 10.2. The van der Waals surface area contributed by atoms with Gasteiger partial charge in [-0.05, 0) is 39.2 Å². The molecule has 3 aromatic rings. The van der Waals surface area contributed by atoms with Crippen LogP contribution in [0.15, 0.2) is 48.9 Å². The second-order valence-corrected chi connectivity index (χ2v) is 6.21. The SMILES string of the molecule is CN(C)CCCNc1cnc(C(=O)Nc2cccc3cccnc23)cn1. The Kier molecular flexibility index (Phi) is 5.70. The molecule has 0 atom stereocenters. The Balaban J connectivity index is 1.63. The van der Waals surface area contributed by atoms with Gasteiger partial charge < -0.3 is 15.5 Å². The lowest BCUT2D eigenvalue weighted by molar-refractivity contribution is 0.102. The van der Waals surface area contributed by atoms with Crippen LogP contribution in [0.2, 0.25) is 0 Å². The number of hydrogen-bond donors (Lipinski definition) is 2. The molecule has 2 N–H and O–H groups in total. The average molecular weight is 350 g/mol. The third-order valence-corrected chi connectivity index (χ3v) is 3.85. The number of pyridine rings is 1. The van der Waals surface area contributed by atoms with Crippen molar-refractivity contribution in [2.75, 3.05) is 37.8 Å². The van der Waals surface area contributed by atoms with Gasteiger partial charge in [0.15, 0.2) is 0 Å². The van der Waals surface area contributed by atoms with E-state index in [4.69, 9.17) is 0 Å². The number of fused-ring (bicyclic) bond motifs is 1. The number of carbonyl (C=O) groups excluding carboxylic acids is 1. The fraction of sp³-hybridized carbons (Fsp3) is 0.263. The molecule has 1 amide bonds. The van der Waals surface area contributed by atoms with Crippen LogP contribution in [0, 0.1) is 0 Å². The van der Waals surface area contributed by atoms with Crippen molar-refractivity contribution in [2.45, 2.75) is 6.42 Å². The first-order valence-corrected chi connectivity index (χ1v) is 8.49. The van der Waals surface area contributed by atoms with Crippen molar-refractivity contribution >= 4 is 28.3 Å². The molecule has 7 nitrogen and oxygen atoms in total. The summed E-state index contributed by atoms with van der Waals surface area (Å²) >= 11 is 0. The molecule has 0 unspecified atom stereocenters. The predicted molar refractivity (Wildman–Crippen MR) is 103 cm³/mol. The maximum absolute atomic E-state index is 12.4. The Morgan fingerprint density at radius 1 is 1.08 bits per heavy atom. The van der Waals surface area contributed by atoms with Crippen LogP contribution in [-0.4, -0.2) is 52.9 Å². The minimum Gasteiger partial charge on any atom is -0.369 e. The molecular weight excluding hydrogens is 328 g/mol. The van der Waals surface area contributed by atoms with Crippen molar-refractivity contribution in [3.63, 3.8) is 0 Å². The number of anilines is 2. The largest absolute Gasteiger partial charge is 0.369 e. The zero-order valence-corrected chi connectivity index (χ0v) is 14.9. The van der Waals surface area contributed by atoms with Crippen molar-refractivity contribution < 1.29 is 4.79 Å². The summed E-state index contributed by atoms with van der Waals surface area (Å²) in [6.45, 7) is 1.81. The van der Waals surface area contributed by atoms with Gasteiger partial charge in [0, 0.05) is 18.1 Å². The smallest absolute Gasteiger partial charge is 0.275 e. The Labute approximate surface area is 152 Å². The van der Waals surface area contributed by atoms with Crippen molar-refractivity contribution in [1.29, 1.82) is 0 Å². The number of aromatic nitrogens is 3. The van der Waals surface area contributed by atoms with E-state index in [2.05, 4.69) is 30.5 Å². The molecule has 0 aliphatic carbocycles. The number of amides is 1. The molecule has 0 bridgehead atoms. The topological polar surface area (TPSA) is 83.0 Å². The van der Waals surface area contributed by atoms with Crippen LogP contribution < -0.4 is 10.6 Å². The highest BCUT2D eigenvalue weighted by molar-refractivity contribution is 6.07. The molecule has 2 heterocycles. The third-order valence-electron chi connectivity index (χ3n) is 3.85. The van der Waals surface area contributed by atoms with Crippen molar-refractivity contribution in [3.8, 4) is 0 Å². The quantitative estimate of drug-likeness (QED) is 0.638. The molecule has 3 rings (SSSR count). The van der Waals surface area contributed by atoms with E-state index < -0.39 is 0 Å². The van der Waals surface area contributed by atoms with Crippen molar-refractivity contribution in [2.24, 2.45) is 0 Å². The van der Waals surface area contributed by atoms with Crippen LogP contribution in [0.4, 0.5) is 11.5 Å². The highest BCUT2D eigenvalue weighted by Crippen LogP contribution is 2.21. The van der Waals surface area contributed by atoms with Crippen LogP contribution in [0.25, 0.3) is 10.9 Å². The second kappa shape index (κ2) is 8.35. The molecule has 2 aromatic heterocycles. The molecule has 0 saturated carbocycles. The summed E-state index contributed by atoms with van der Waals surface area (Å²) < 4.78 is 0. The Hall–Kier alpha value is -3.06. The van der Waals surface area contributed by atoms with Gasteiger partial charge in [-0.15, -0.1) is 0 Å². The lowest BCUT2D eigenvalue weighted by Crippen LogP contribution is -2.17. The monoisotopic (exact) mass is 350 g/mol.